The summed E-state index contributed by atoms with van der Waals surface area (Å²) < 4.78 is 28.3. The minimum atomic E-state index is -0.555. The standard InChI is InChI=1S/C21H28F2N2O.ClH/c22-19-6-3-7-20(23)18(19)13-25(17-4-1-2-5-17)21(26)12-14-10-15-8-9-16(11-14)24-15;/h3,6-7,14-17,24H,1-2,4-5,8-13H2;1H. The Labute approximate surface area is 166 Å². The Kier molecular flexibility index (Phi) is 6.74. The first kappa shape index (κ1) is 20.5. The lowest BCUT2D eigenvalue weighted by Gasteiger charge is -2.33. The van der Waals surface area contributed by atoms with Crippen LogP contribution in [-0.4, -0.2) is 28.9 Å². The van der Waals surface area contributed by atoms with Gasteiger partial charge in [-0.3, -0.25) is 4.79 Å². The molecule has 1 saturated carbocycles. The van der Waals surface area contributed by atoms with Gasteiger partial charge < -0.3 is 10.2 Å². The minimum absolute atomic E-state index is 0. The number of amides is 1. The number of piperidine rings is 1. The van der Waals surface area contributed by atoms with Gasteiger partial charge in [-0.25, -0.2) is 8.78 Å². The molecule has 1 N–H and O–H groups in total. The number of nitrogens with zero attached hydrogens (tertiary/aromatic N) is 1. The van der Waals surface area contributed by atoms with Crippen molar-refractivity contribution in [1.82, 2.24) is 10.2 Å². The van der Waals surface area contributed by atoms with Gasteiger partial charge in [0.25, 0.3) is 0 Å². The van der Waals surface area contributed by atoms with Gasteiger partial charge in [0.1, 0.15) is 11.6 Å². The van der Waals surface area contributed by atoms with Gasteiger partial charge in [0.05, 0.1) is 6.54 Å². The second-order valence-electron chi connectivity index (χ2n) is 8.34. The molecule has 4 rings (SSSR count). The third kappa shape index (κ3) is 4.62. The highest BCUT2D eigenvalue weighted by molar-refractivity contribution is 5.85. The molecule has 2 heterocycles. The number of hydrogen-bond donors (Lipinski definition) is 1. The predicted molar refractivity (Wildman–Crippen MR) is 104 cm³/mol. The molecule has 2 aliphatic heterocycles. The Morgan fingerprint density at radius 2 is 1.63 bits per heavy atom. The van der Waals surface area contributed by atoms with Gasteiger partial charge in [0.15, 0.2) is 0 Å². The third-order valence-electron chi connectivity index (χ3n) is 6.51. The number of fused-ring (bicyclic) bond motifs is 2. The predicted octanol–water partition coefficient (Wildman–Crippen LogP) is 4.58. The molecule has 1 aromatic carbocycles. The molecule has 27 heavy (non-hydrogen) atoms. The highest BCUT2D eigenvalue weighted by Crippen LogP contribution is 2.34. The number of carbonyl (C=O) groups is 1. The summed E-state index contributed by atoms with van der Waals surface area (Å²) in [5.41, 5.74) is 0.0260. The third-order valence-corrected chi connectivity index (χ3v) is 6.51. The lowest BCUT2D eigenvalue weighted by molar-refractivity contribution is -0.135. The SMILES string of the molecule is Cl.O=C(CC1CC2CCC(C1)N2)N(Cc1c(F)cccc1F)C1CCCC1. The number of halogens is 3. The summed E-state index contributed by atoms with van der Waals surface area (Å²) in [5, 5.41) is 3.61. The van der Waals surface area contributed by atoms with Crippen molar-refractivity contribution in [3.8, 4) is 0 Å². The molecule has 0 aromatic heterocycles. The minimum Gasteiger partial charge on any atom is -0.335 e. The molecule has 6 heteroatoms. The molecule has 2 bridgehead atoms. The molecule has 2 saturated heterocycles. The first-order valence-electron chi connectivity index (χ1n) is 10.1. The van der Waals surface area contributed by atoms with Crippen molar-refractivity contribution in [2.24, 2.45) is 5.92 Å². The summed E-state index contributed by atoms with van der Waals surface area (Å²) in [5.74, 6) is -0.636. The van der Waals surface area contributed by atoms with E-state index in [1.165, 1.54) is 31.0 Å². The Bertz CT molecular complexity index is 633. The van der Waals surface area contributed by atoms with E-state index in [1.807, 2.05) is 0 Å². The maximum absolute atomic E-state index is 14.1. The summed E-state index contributed by atoms with van der Waals surface area (Å²) in [6, 6.07) is 5.16. The van der Waals surface area contributed by atoms with Crippen molar-refractivity contribution in [1.29, 1.82) is 0 Å². The van der Waals surface area contributed by atoms with E-state index in [1.54, 1.807) is 4.90 Å². The maximum Gasteiger partial charge on any atom is 0.223 e. The fraction of sp³-hybridized carbons (Fsp3) is 0.667. The van der Waals surface area contributed by atoms with Crippen molar-refractivity contribution >= 4 is 18.3 Å². The van der Waals surface area contributed by atoms with Gasteiger partial charge in [-0.2, -0.15) is 0 Å². The van der Waals surface area contributed by atoms with Gasteiger partial charge in [-0.1, -0.05) is 18.9 Å². The first-order chi connectivity index (χ1) is 12.6. The molecule has 1 amide bonds. The molecule has 150 valence electrons. The van der Waals surface area contributed by atoms with Crippen LogP contribution in [0, 0.1) is 17.6 Å². The molecule has 3 fully saturated rings. The number of nitrogens with one attached hydrogen (secondary N) is 1. The zero-order valence-electron chi connectivity index (χ0n) is 15.6. The van der Waals surface area contributed by atoms with E-state index in [4.69, 9.17) is 0 Å². The van der Waals surface area contributed by atoms with E-state index in [2.05, 4.69) is 5.32 Å². The Balaban J connectivity index is 0.00000210. The lowest BCUT2D eigenvalue weighted by Crippen LogP contribution is -2.43. The van der Waals surface area contributed by atoms with Crippen LogP contribution in [0.2, 0.25) is 0 Å². The molecule has 3 aliphatic rings. The van der Waals surface area contributed by atoms with Crippen LogP contribution in [0.3, 0.4) is 0 Å². The molecular weight excluding hydrogens is 370 g/mol. The highest BCUT2D eigenvalue weighted by atomic mass is 35.5. The van der Waals surface area contributed by atoms with E-state index in [0.717, 1.165) is 38.5 Å². The van der Waals surface area contributed by atoms with Crippen LogP contribution in [0.1, 0.15) is 63.4 Å². The largest absolute Gasteiger partial charge is 0.335 e. The van der Waals surface area contributed by atoms with Crippen LogP contribution in [0.15, 0.2) is 18.2 Å². The number of hydrogen-bond acceptors (Lipinski definition) is 2. The quantitative estimate of drug-likeness (QED) is 0.787. The van der Waals surface area contributed by atoms with Crippen molar-refractivity contribution < 1.29 is 13.6 Å². The average molecular weight is 399 g/mol. The van der Waals surface area contributed by atoms with E-state index in [9.17, 15) is 13.6 Å². The molecule has 2 unspecified atom stereocenters. The number of rotatable bonds is 5. The zero-order valence-corrected chi connectivity index (χ0v) is 16.4. The first-order valence-corrected chi connectivity index (χ1v) is 10.1. The Morgan fingerprint density at radius 3 is 2.22 bits per heavy atom. The summed E-state index contributed by atoms with van der Waals surface area (Å²) in [4.78, 5) is 14.9. The normalized spacial score (nSPS) is 27.4. The van der Waals surface area contributed by atoms with Gasteiger partial charge in [0.2, 0.25) is 5.91 Å². The number of benzene rings is 1. The molecule has 2 atom stereocenters. The summed E-state index contributed by atoms with van der Waals surface area (Å²) in [6.45, 7) is 0.0554. The van der Waals surface area contributed by atoms with E-state index < -0.39 is 11.6 Å². The van der Waals surface area contributed by atoms with Crippen LogP contribution in [0.4, 0.5) is 8.78 Å². The van der Waals surface area contributed by atoms with Crippen LogP contribution in [-0.2, 0) is 11.3 Å². The van der Waals surface area contributed by atoms with E-state index in [-0.39, 0.29) is 36.5 Å². The highest BCUT2D eigenvalue weighted by Gasteiger charge is 2.36. The summed E-state index contributed by atoms with van der Waals surface area (Å²) >= 11 is 0. The van der Waals surface area contributed by atoms with Crippen LogP contribution >= 0.6 is 12.4 Å². The number of carbonyl (C=O) groups excluding carboxylic acids is 1. The molecule has 0 spiro atoms. The molecule has 0 radical (unpaired) electrons. The fourth-order valence-electron chi connectivity index (χ4n) is 5.20. The molecule has 1 aromatic rings. The fourth-order valence-corrected chi connectivity index (χ4v) is 5.20. The van der Waals surface area contributed by atoms with Crippen molar-refractivity contribution in [3.05, 3.63) is 35.4 Å². The molecule has 3 nitrogen and oxygen atoms in total. The van der Waals surface area contributed by atoms with Crippen molar-refractivity contribution in [2.45, 2.75) is 82.5 Å². The Morgan fingerprint density at radius 1 is 1.04 bits per heavy atom. The molecular formula is C21H29ClF2N2O. The Hall–Kier alpha value is -1.20. The van der Waals surface area contributed by atoms with E-state index >= 15 is 0 Å². The second-order valence-corrected chi connectivity index (χ2v) is 8.34. The smallest absolute Gasteiger partial charge is 0.223 e. The topological polar surface area (TPSA) is 32.3 Å². The summed E-state index contributed by atoms with van der Waals surface area (Å²) in [7, 11) is 0. The van der Waals surface area contributed by atoms with Crippen molar-refractivity contribution in [3.63, 3.8) is 0 Å². The van der Waals surface area contributed by atoms with E-state index in [0.29, 0.717) is 24.4 Å². The average Bonchev–Trinajstić information content (AvgIpc) is 3.24. The zero-order chi connectivity index (χ0) is 18.1. The molecule has 1 aliphatic carbocycles. The maximum atomic E-state index is 14.1. The van der Waals surface area contributed by atoms with Gasteiger partial charge in [0, 0.05) is 30.1 Å². The summed E-state index contributed by atoms with van der Waals surface area (Å²) in [6.07, 6.45) is 9.10. The van der Waals surface area contributed by atoms with Gasteiger partial charge in [-0.15, -0.1) is 12.4 Å². The monoisotopic (exact) mass is 398 g/mol. The van der Waals surface area contributed by atoms with Crippen molar-refractivity contribution in [2.75, 3.05) is 0 Å². The van der Waals surface area contributed by atoms with Gasteiger partial charge in [-0.05, 0) is 56.6 Å². The van der Waals surface area contributed by atoms with Gasteiger partial charge >= 0.3 is 0 Å². The second kappa shape index (κ2) is 8.87. The van der Waals surface area contributed by atoms with Crippen LogP contribution in [0.5, 0.6) is 0 Å². The van der Waals surface area contributed by atoms with Crippen LogP contribution in [0.25, 0.3) is 0 Å². The van der Waals surface area contributed by atoms with Crippen LogP contribution < -0.4 is 5.32 Å². The lowest BCUT2D eigenvalue weighted by atomic mass is 9.89.